The molecule has 0 heterocycles. The average molecular weight is 166 g/mol. The van der Waals surface area contributed by atoms with Gasteiger partial charge in [0.25, 0.3) is 0 Å². The first kappa shape index (κ1) is 8.28. The summed E-state index contributed by atoms with van der Waals surface area (Å²) in [4.78, 5) is 10.8. The Labute approximate surface area is 74.5 Å². The monoisotopic (exact) mass is 166 g/mol. The second-order valence-electron chi connectivity index (χ2n) is 5.43. The Hall–Kier alpha value is -0.330. The lowest BCUT2D eigenvalue weighted by atomic mass is 9.71. The fourth-order valence-electron chi connectivity index (χ4n) is 3.52. The zero-order chi connectivity index (χ0) is 8.98. The van der Waals surface area contributed by atoms with E-state index in [1.807, 2.05) is 0 Å². The van der Waals surface area contributed by atoms with Crippen molar-refractivity contribution >= 4 is 6.29 Å². The third-order valence-corrected chi connectivity index (χ3v) is 4.87. The molecule has 2 rings (SSSR count). The first-order valence-electron chi connectivity index (χ1n) is 4.96. The van der Waals surface area contributed by atoms with E-state index in [0.29, 0.717) is 22.7 Å². The fraction of sp³-hybridized carbons (Fsp3) is 0.909. The smallest absolute Gasteiger partial charge is 0.123 e. The summed E-state index contributed by atoms with van der Waals surface area (Å²) in [7, 11) is 0. The van der Waals surface area contributed by atoms with E-state index in [2.05, 4.69) is 20.8 Å². The van der Waals surface area contributed by atoms with Crippen molar-refractivity contribution in [2.24, 2.45) is 22.7 Å². The molecule has 2 saturated carbocycles. The van der Waals surface area contributed by atoms with Gasteiger partial charge in [-0.25, -0.2) is 0 Å². The number of carbonyl (C=O) groups excluding carboxylic acids is 1. The lowest BCUT2D eigenvalue weighted by Gasteiger charge is -2.34. The van der Waals surface area contributed by atoms with Crippen LogP contribution in [0.1, 0.15) is 40.0 Å². The molecule has 3 unspecified atom stereocenters. The summed E-state index contributed by atoms with van der Waals surface area (Å²) < 4.78 is 0. The van der Waals surface area contributed by atoms with Crippen molar-refractivity contribution in [3.8, 4) is 0 Å². The predicted molar refractivity (Wildman–Crippen MR) is 48.8 cm³/mol. The molecular weight excluding hydrogens is 148 g/mol. The molecule has 2 aliphatic carbocycles. The van der Waals surface area contributed by atoms with E-state index in [4.69, 9.17) is 0 Å². The minimum atomic E-state index is 0.360. The molecule has 0 radical (unpaired) electrons. The molecular formula is C11H18O. The highest BCUT2D eigenvalue weighted by Gasteiger charge is 2.60. The van der Waals surface area contributed by atoms with Crippen molar-refractivity contribution < 1.29 is 4.79 Å². The maximum atomic E-state index is 10.8. The molecule has 68 valence electrons. The highest BCUT2D eigenvalue weighted by molar-refractivity contribution is 5.56. The summed E-state index contributed by atoms with van der Waals surface area (Å²) >= 11 is 0. The molecule has 0 saturated heterocycles. The van der Waals surface area contributed by atoms with Gasteiger partial charge < -0.3 is 4.79 Å². The van der Waals surface area contributed by atoms with Gasteiger partial charge >= 0.3 is 0 Å². The summed E-state index contributed by atoms with van der Waals surface area (Å²) in [5.74, 6) is 1.03. The van der Waals surface area contributed by atoms with Crippen LogP contribution < -0.4 is 0 Å². The van der Waals surface area contributed by atoms with Crippen LogP contribution >= 0.6 is 0 Å². The summed E-state index contributed by atoms with van der Waals surface area (Å²) in [5, 5.41) is 0. The van der Waals surface area contributed by atoms with Gasteiger partial charge in [0, 0.05) is 5.92 Å². The van der Waals surface area contributed by atoms with E-state index in [1.54, 1.807) is 0 Å². The van der Waals surface area contributed by atoms with Gasteiger partial charge in [0.2, 0.25) is 0 Å². The second-order valence-corrected chi connectivity index (χ2v) is 5.43. The maximum absolute atomic E-state index is 10.8. The zero-order valence-corrected chi connectivity index (χ0v) is 8.26. The fourth-order valence-corrected chi connectivity index (χ4v) is 3.52. The SMILES string of the molecule is CC12CCC(C(C=O)C1)C2(C)C. The van der Waals surface area contributed by atoms with E-state index < -0.39 is 0 Å². The molecule has 0 aromatic carbocycles. The Bertz CT molecular complexity index is 216. The van der Waals surface area contributed by atoms with Crippen LogP contribution in [0.25, 0.3) is 0 Å². The van der Waals surface area contributed by atoms with Crippen LogP contribution in [-0.2, 0) is 4.79 Å². The van der Waals surface area contributed by atoms with Crippen molar-refractivity contribution in [1.82, 2.24) is 0 Å². The van der Waals surface area contributed by atoms with E-state index in [0.717, 1.165) is 6.42 Å². The highest BCUT2D eigenvalue weighted by atomic mass is 16.1. The molecule has 3 atom stereocenters. The molecule has 0 amide bonds. The van der Waals surface area contributed by atoms with E-state index in [9.17, 15) is 4.79 Å². The zero-order valence-electron chi connectivity index (χ0n) is 8.26. The number of carbonyl (C=O) groups is 1. The highest BCUT2D eigenvalue weighted by Crippen LogP contribution is 2.67. The minimum absolute atomic E-state index is 0.360. The maximum Gasteiger partial charge on any atom is 0.123 e. The third kappa shape index (κ3) is 0.725. The van der Waals surface area contributed by atoms with Crippen LogP contribution in [0.4, 0.5) is 0 Å². The Kier molecular flexibility index (Phi) is 1.47. The van der Waals surface area contributed by atoms with Gasteiger partial charge in [0.1, 0.15) is 6.29 Å². The van der Waals surface area contributed by atoms with Crippen LogP contribution in [0, 0.1) is 22.7 Å². The van der Waals surface area contributed by atoms with Crippen molar-refractivity contribution in [2.75, 3.05) is 0 Å². The Morgan fingerprint density at radius 2 is 2.00 bits per heavy atom. The van der Waals surface area contributed by atoms with Crippen LogP contribution in [0.15, 0.2) is 0 Å². The molecule has 0 aromatic rings. The molecule has 12 heavy (non-hydrogen) atoms. The molecule has 0 aliphatic heterocycles. The average Bonchev–Trinajstić information content (AvgIpc) is 2.33. The van der Waals surface area contributed by atoms with Gasteiger partial charge in [-0.2, -0.15) is 0 Å². The topological polar surface area (TPSA) is 17.1 Å². The molecule has 2 fully saturated rings. The van der Waals surface area contributed by atoms with Crippen LogP contribution in [0.2, 0.25) is 0 Å². The Morgan fingerprint density at radius 1 is 1.33 bits per heavy atom. The Morgan fingerprint density at radius 3 is 2.25 bits per heavy atom. The van der Waals surface area contributed by atoms with Crippen molar-refractivity contribution in [2.45, 2.75) is 40.0 Å². The van der Waals surface area contributed by atoms with E-state index >= 15 is 0 Å². The predicted octanol–water partition coefficient (Wildman–Crippen LogP) is 2.65. The van der Waals surface area contributed by atoms with Crippen LogP contribution in [0.5, 0.6) is 0 Å². The van der Waals surface area contributed by atoms with Crippen molar-refractivity contribution in [3.63, 3.8) is 0 Å². The first-order chi connectivity index (χ1) is 5.51. The number of hydrogen-bond donors (Lipinski definition) is 0. The van der Waals surface area contributed by atoms with E-state index in [-0.39, 0.29) is 0 Å². The lowest BCUT2D eigenvalue weighted by molar-refractivity contribution is -0.112. The number of fused-ring (bicyclic) bond motifs is 2. The largest absolute Gasteiger partial charge is 0.303 e. The molecule has 0 N–H and O–H groups in total. The molecule has 1 nitrogen and oxygen atoms in total. The van der Waals surface area contributed by atoms with E-state index in [1.165, 1.54) is 19.1 Å². The van der Waals surface area contributed by atoms with Gasteiger partial charge in [-0.1, -0.05) is 20.8 Å². The normalized spacial score (nSPS) is 49.6. The molecule has 0 aromatic heterocycles. The molecule has 2 bridgehead atoms. The standard InChI is InChI=1S/C11H18O/c1-10(2)9-4-5-11(10,3)6-8(9)7-12/h7-9H,4-6H2,1-3H3. The number of rotatable bonds is 1. The number of aldehydes is 1. The van der Waals surface area contributed by atoms with Gasteiger partial charge in [0.15, 0.2) is 0 Å². The molecule has 0 spiro atoms. The van der Waals surface area contributed by atoms with Gasteiger partial charge in [-0.05, 0) is 36.0 Å². The minimum Gasteiger partial charge on any atom is -0.303 e. The first-order valence-corrected chi connectivity index (χ1v) is 4.96. The summed E-state index contributed by atoms with van der Waals surface area (Å²) in [6, 6.07) is 0. The van der Waals surface area contributed by atoms with Crippen molar-refractivity contribution in [1.29, 1.82) is 0 Å². The molecule has 2 aliphatic rings. The quantitative estimate of drug-likeness (QED) is 0.547. The van der Waals surface area contributed by atoms with Gasteiger partial charge in [-0.3, -0.25) is 0 Å². The molecule has 1 heteroatoms. The third-order valence-electron chi connectivity index (χ3n) is 4.87. The van der Waals surface area contributed by atoms with Gasteiger partial charge in [-0.15, -0.1) is 0 Å². The van der Waals surface area contributed by atoms with Crippen LogP contribution in [0.3, 0.4) is 0 Å². The second kappa shape index (κ2) is 2.12. The Balaban J connectivity index is 2.36. The van der Waals surface area contributed by atoms with Crippen molar-refractivity contribution in [3.05, 3.63) is 0 Å². The lowest BCUT2D eigenvalue weighted by Crippen LogP contribution is -2.26. The summed E-state index contributed by atoms with van der Waals surface area (Å²) in [5.41, 5.74) is 0.849. The van der Waals surface area contributed by atoms with Crippen LogP contribution in [-0.4, -0.2) is 6.29 Å². The number of hydrogen-bond acceptors (Lipinski definition) is 1. The summed E-state index contributed by atoms with van der Waals surface area (Å²) in [6.45, 7) is 7.04. The summed E-state index contributed by atoms with van der Waals surface area (Å²) in [6.07, 6.45) is 4.92. The van der Waals surface area contributed by atoms with Gasteiger partial charge in [0.05, 0.1) is 0 Å².